The van der Waals surface area contributed by atoms with Crippen LogP contribution in [0.4, 0.5) is 5.13 Å². The van der Waals surface area contributed by atoms with Crippen molar-refractivity contribution in [1.82, 2.24) is 10.3 Å². The number of carbonyl (C=O) groups is 1. The summed E-state index contributed by atoms with van der Waals surface area (Å²) in [6.45, 7) is 3.68. The van der Waals surface area contributed by atoms with Gasteiger partial charge in [-0.15, -0.1) is 11.3 Å². The minimum absolute atomic E-state index is 0.0619. The number of aromatic nitrogens is 1. The summed E-state index contributed by atoms with van der Waals surface area (Å²) in [6, 6.07) is 5.90. The number of aryl methyl sites for hydroxylation is 1. The van der Waals surface area contributed by atoms with E-state index in [-0.39, 0.29) is 5.91 Å². The number of amides is 1. The van der Waals surface area contributed by atoms with Crippen LogP contribution in [0.2, 0.25) is 0 Å². The zero-order valence-corrected chi connectivity index (χ0v) is 11.5. The SMILES string of the molecule is Cc1csc(NC(=O)c2cccc3c2CCNC3)n1. The molecule has 1 aliphatic rings. The van der Waals surface area contributed by atoms with Crippen molar-refractivity contribution in [3.8, 4) is 0 Å². The number of nitrogens with zero attached hydrogens (tertiary/aromatic N) is 1. The molecule has 3 rings (SSSR count). The van der Waals surface area contributed by atoms with Crippen molar-refractivity contribution in [2.45, 2.75) is 19.9 Å². The minimum Gasteiger partial charge on any atom is -0.312 e. The molecule has 0 unspecified atom stereocenters. The molecule has 0 saturated carbocycles. The van der Waals surface area contributed by atoms with Gasteiger partial charge in [0.2, 0.25) is 0 Å². The van der Waals surface area contributed by atoms with Gasteiger partial charge < -0.3 is 5.32 Å². The summed E-state index contributed by atoms with van der Waals surface area (Å²) in [4.78, 5) is 16.6. The van der Waals surface area contributed by atoms with Crippen molar-refractivity contribution < 1.29 is 4.79 Å². The lowest BCUT2D eigenvalue weighted by molar-refractivity contribution is 0.102. The topological polar surface area (TPSA) is 54.0 Å². The molecule has 1 aromatic carbocycles. The van der Waals surface area contributed by atoms with E-state index in [1.54, 1.807) is 0 Å². The fourth-order valence-electron chi connectivity index (χ4n) is 2.32. The predicted molar refractivity (Wildman–Crippen MR) is 76.7 cm³/mol. The van der Waals surface area contributed by atoms with Gasteiger partial charge in [-0.25, -0.2) is 4.98 Å². The zero-order chi connectivity index (χ0) is 13.2. The number of thiazole rings is 1. The van der Waals surface area contributed by atoms with Gasteiger partial charge in [-0.1, -0.05) is 12.1 Å². The monoisotopic (exact) mass is 273 g/mol. The van der Waals surface area contributed by atoms with Crippen LogP contribution in [0.3, 0.4) is 0 Å². The summed E-state index contributed by atoms with van der Waals surface area (Å²) in [5.41, 5.74) is 4.08. The number of anilines is 1. The van der Waals surface area contributed by atoms with Gasteiger partial charge in [0, 0.05) is 17.5 Å². The van der Waals surface area contributed by atoms with Crippen molar-refractivity contribution in [2.75, 3.05) is 11.9 Å². The highest BCUT2D eigenvalue weighted by molar-refractivity contribution is 7.13. The van der Waals surface area contributed by atoms with Crippen molar-refractivity contribution in [2.24, 2.45) is 0 Å². The van der Waals surface area contributed by atoms with Crippen LogP contribution in [0.5, 0.6) is 0 Å². The standard InChI is InChI=1S/C14H15N3OS/c1-9-8-19-14(16-9)17-13(18)12-4-2-3-10-7-15-6-5-11(10)12/h2-4,8,15H,5-7H2,1H3,(H,16,17,18). The van der Waals surface area contributed by atoms with Gasteiger partial charge in [-0.2, -0.15) is 0 Å². The number of carbonyl (C=O) groups excluding carboxylic acids is 1. The van der Waals surface area contributed by atoms with Crippen molar-refractivity contribution >= 4 is 22.4 Å². The molecular formula is C14H15N3OS. The first-order chi connectivity index (χ1) is 9.24. The van der Waals surface area contributed by atoms with Crippen LogP contribution in [-0.4, -0.2) is 17.4 Å². The molecule has 2 aromatic rings. The summed E-state index contributed by atoms with van der Waals surface area (Å²) in [7, 11) is 0. The van der Waals surface area contributed by atoms with Crippen LogP contribution >= 0.6 is 11.3 Å². The largest absolute Gasteiger partial charge is 0.312 e. The van der Waals surface area contributed by atoms with Crippen molar-refractivity contribution in [1.29, 1.82) is 0 Å². The van der Waals surface area contributed by atoms with Gasteiger partial charge >= 0.3 is 0 Å². The molecule has 0 fully saturated rings. The van der Waals surface area contributed by atoms with Gasteiger partial charge in [0.15, 0.2) is 5.13 Å². The first-order valence-corrected chi connectivity index (χ1v) is 7.17. The Labute approximate surface area is 115 Å². The van der Waals surface area contributed by atoms with E-state index in [0.29, 0.717) is 5.13 Å². The molecule has 1 amide bonds. The molecule has 0 spiro atoms. The highest BCUT2D eigenvalue weighted by atomic mass is 32.1. The van der Waals surface area contributed by atoms with Crippen LogP contribution in [-0.2, 0) is 13.0 Å². The Kier molecular flexibility index (Phi) is 3.31. The Bertz CT molecular complexity index is 621. The molecular weight excluding hydrogens is 258 g/mol. The molecule has 19 heavy (non-hydrogen) atoms. The van der Waals surface area contributed by atoms with E-state index in [1.807, 2.05) is 24.4 Å². The van der Waals surface area contributed by atoms with E-state index in [9.17, 15) is 4.79 Å². The molecule has 98 valence electrons. The Morgan fingerprint density at radius 2 is 2.37 bits per heavy atom. The molecule has 0 bridgehead atoms. The lowest BCUT2D eigenvalue weighted by Gasteiger charge is -2.19. The maximum Gasteiger partial charge on any atom is 0.257 e. The molecule has 4 nitrogen and oxygen atoms in total. The van der Waals surface area contributed by atoms with Gasteiger partial charge in [-0.3, -0.25) is 10.1 Å². The lowest BCUT2D eigenvalue weighted by atomic mass is 9.95. The lowest BCUT2D eigenvalue weighted by Crippen LogP contribution is -2.26. The van der Waals surface area contributed by atoms with E-state index in [0.717, 1.165) is 36.3 Å². The average Bonchev–Trinajstić information content (AvgIpc) is 2.83. The maximum absolute atomic E-state index is 12.3. The molecule has 1 aromatic heterocycles. The van der Waals surface area contributed by atoms with Crippen LogP contribution in [0.1, 0.15) is 27.2 Å². The fraction of sp³-hybridized carbons (Fsp3) is 0.286. The van der Waals surface area contributed by atoms with Crippen LogP contribution in [0.25, 0.3) is 0 Å². The van der Waals surface area contributed by atoms with E-state index in [4.69, 9.17) is 0 Å². The van der Waals surface area contributed by atoms with Crippen LogP contribution in [0.15, 0.2) is 23.6 Å². The van der Waals surface area contributed by atoms with E-state index in [1.165, 1.54) is 16.9 Å². The molecule has 5 heteroatoms. The maximum atomic E-state index is 12.3. The van der Waals surface area contributed by atoms with Crippen molar-refractivity contribution in [3.63, 3.8) is 0 Å². The van der Waals surface area contributed by atoms with E-state index in [2.05, 4.69) is 21.7 Å². The molecule has 0 atom stereocenters. The molecule has 2 heterocycles. The summed E-state index contributed by atoms with van der Waals surface area (Å²) in [5, 5.41) is 8.79. The van der Waals surface area contributed by atoms with Gasteiger partial charge in [0.05, 0.1) is 5.69 Å². The number of rotatable bonds is 2. The normalized spacial score (nSPS) is 13.9. The van der Waals surface area contributed by atoms with Crippen LogP contribution < -0.4 is 10.6 Å². The third-order valence-electron chi connectivity index (χ3n) is 3.22. The zero-order valence-electron chi connectivity index (χ0n) is 10.7. The number of hydrogen-bond acceptors (Lipinski definition) is 4. The van der Waals surface area contributed by atoms with Gasteiger partial charge in [0.25, 0.3) is 5.91 Å². The molecule has 1 aliphatic heterocycles. The summed E-state index contributed by atoms with van der Waals surface area (Å²) in [6.07, 6.45) is 0.899. The van der Waals surface area contributed by atoms with E-state index < -0.39 is 0 Å². The first kappa shape index (κ1) is 12.3. The second kappa shape index (κ2) is 5.11. The number of fused-ring (bicyclic) bond motifs is 1. The first-order valence-electron chi connectivity index (χ1n) is 6.29. The molecule has 0 saturated heterocycles. The highest BCUT2D eigenvalue weighted by Crippen LogP contribution is 2.21. The number of benzene rings is 1. The number of hydrogen-bond donors (Lipinski definition) is 2. The Morgan fingerprint density at radius 3 is 3.16 bits per heavy atom. The molecule has 0 radical (unpaired) electrons. The van der Waals surface area contributed by atoms with E-state index >= 15 is 0 Å². The second-order valence-electron chi connectivity index (χ2n) is 4.62. The summed E-state index contributed by atoms with van der Waals surface area (Å²) in [5.74, 6) is -0.0619. The second-order valence-corrected chi connectivity index (χ2v) is 5.48. The highest BCUT2D eigenvalue weighted by Gasteiger charge is 2.17. The molecule has 2 N–H and O–H groups in total. The Hall–Kier alpha value is -1.72. The Morgan fingerprint density at radius 1 is 1.47 bits per heavy atom. The number of nitrogens with one attached hydrogen (secondary N) is 2. The minimum atomic E-state index is -0.0619. The van der Waals surface area contributed by atoms with Crippen LogP contribution in [0, 0.1) is 6.92 Å². The third-order valence-corrected chi connectivity index (χ3v) is 4.10. The quantitative estimate of drug-likeness (QED) is 0.883. The van der Waals surface area contributed by atoms with Gasteiger partial charge in [-0.05, 0) is 37.1 Å². The van der Waals surface area contributed by atoms with Crippen molar-refractivity contribution in [3.05, 3.63) is 46.0 Å². The summed E-state index contributed by atoms with van der Waals surface area (Å²) < 4.78 is 0. The average molecular weight is 273 g/mol. The van der Waals surface area contributed by atoms with Gasteiger partial charge in [0.1, 0.15) is 0 Å². The predicted octanol–water partition coefficient (Wildman–Crippen LogP) is 2.35. The molecule has 0 aliphatic carbocycles. The summed E-state index contributed by atoms with van der Waals surface area (Å²) >= 11 is 1.45. The fourth-order valence-corrected chi connectivity index (χ4v) is 3.00. The smallest absolute Gasteiger partial charge is 0.257 e. The third kappa shape index (κ3) is 2.52. The Balaban J connectivity index is 1.87.